The highest BCUT2D eigenvalue weighted by Gasteiger charge is 2.53. The quantitative estimate of drug-likeness (QED) is 0.235. The van der Waals surface area contributed by atoms with Crippen molar-refractivity contribution in [1.29, 1.82) is 0 Å². The third kappa shape index (κ3) is 14.2. The van der Waals surface area contributed by atoms with Crippen LogP contribution in [0.5, 0.6) is 0 Å². The predicted octanol–water partition coefficient (Wildman–Crippen LogP) is 6.05. The second-order valence-corrected chi connectivity index (χ2v) is 20.4. The number of ketones is 3. The van der Waals surface area contributed by atoms with Crippen LogP contribution in [-0.2, 0) is 47.7 Å². The van der Waals surface area contributed by atoms with E-state index in [1.54, 1.807) is 52.1 Å². The highest BCUT2D eigenvalue weighted by Crippen LogP contribution is 2.39. The molecule has 4 heterocycles. The lowest BCUT2D eigenvalue weighted by atomic mass is 9.77. The smallest absolute Gasteiger partial charge is 0.329 e. The number of allylic oxidation sites excluding steroid dienone is 6. The molecule has 0 radical (unpaired) electrons. The molecule has 15 atom stereocenters. The summed E-state index contributed by atoms with van der Waals surface area (Å²) in [5.41, 5.74) is 1.20. The van der Waals surface area contributed by atoms with E-state index in [-0.39, 0.29) is 60.9 Å². The Morgan fingerprint density at radius 2 is 1.65 bits per heavy atom. The van der Waals surface area contributed by atoms with E-state index in [4.69, 9.17) is 23.7 Å². The Labute approximate surface area is 408 Å². The molecular weight excluding hydrogens is 887 g/mol. The molecule has 384 valence electrons. The normalized spacial score (nSPS) is 37.1. The number of rotatable bonds is 7. The number of nitrogens with zero attached hydrogens (tertiary/aromatic N) is 5. The van der Waals surface area contributed by atoms with Gasteiger partial charge in [0.1, 0.15) is 24.6 Å². The topological polar surface area (TPSA) is 219 Å². The Balaban J connectivity index is 1.46. The molecule has 2 bridgehead atoms. The van der Waals surface area contributed by atoms with E-state index in [1.165, 1.54) is 12.0 Å². The minimum absolute atomic E-state index is 0.0197. The SMILES string of the molecule is COC1CC2CC[C@@H](C)[C@@](O)(O2)C(=O)C(=O)N2CCCC[C@H]2C(=O)OC(C(C)C[C@@H]2CC[C@H](n3cnnn3)[C@H](OC)C2)CC(=O)/C(C)=C/C(C)[C@@H](O)C(OC)C(=O)[C@H](C)CC(C)C=CC=CC=C1C. The highest BCUT2D eigenvalue weighted by molar-refractivity contribution is 6.39. The van der Waals surface area contributed by atoms with Gasteiger partial charge in [-0.05, 0) is 117 Å². The zero-order valence-corrected chi connectivity index (χ0v) is 42.5. The molecule has 2 N–H and O–H groups in total. The zero-order valence-electron chi connectivity index (χ0n) is 42.5. The van der Waals surface area contributed by atoms with Crippen LogP contribution in [0.2, 0.25) is 0 Å². The summed E-state index contributed by atoms with van der Waals surface area (Å²) < 4.78 is 31.6. The molecule has 5 rings (SSSR count). The Bertz CT molecular complexity index is 2020. The van der Waals surface area contributed by atoms with E-state index in [9.17, 15) is 34.2 Å². The average Bonchev–Trinajstić information content (AvgIpc) is 3.88. The summed E-state index contributed by atoms with van der Waals surface area (Å²) in [6.07, 6.45) is 14.0. The molecule has 3 aliphatic heterocycles. The van der Waals surface area contributed by atoms with Crippen LogP contribution >= 0.6 is 0 Å². The van der Waals surface area contributed by atoms with Crippen LogP contribution in [0.1, 0.15) is 132 Å². The number of aliphatic hydroxyl groups excluding tert-OH is 1. The molecule has 7 unspecified atom stereocenters. The minimum Gasteiger partial charge on any atom is -0.460 e. The molecule has 1 aromatic rings. The number of Topliss-reactive ketones (excluding diaryl/α,β-unsaturated/α-hetero) is 3. The fourth-order valence-electron chi connectivity index (χ4n) is 10.8. The maximum absolute atomic E-state index is 14.5. The first-order valence-electron chi connectivity index (χ1n) is 25.0. The molecule has 4 aliphatic rings. The Kier molecular flexibility index (Phi) is 20.8. The van der Waals surface area contributed by atoms with E-state index in [2.05, 4.69) is 15.5 Å². The van der Waals surface area contributed by atoms with E-state index in [0.29, 0.717) is 56.9 Å². The number of ether oxygens (including phenoxy) is 5. The second kappa shape index (κ2) is 25.7. The van der Waals surface area contributed by atoms with Gasteiger partial charge in [-0.25, -0.2) is 9.48 Å². The number of methoxy groups -OCH3 is 3. The van der Waals surface area contributed by atoms with Crippen molar-refractivity contribution in [3.05, 3.63) is 53.9 Å². The number of aliphatic hydroxyl groups is 2. The third-order valence-corrected chi connectivity index (χ3v) is 15.2. The molecule has 0 aromatic carbocycles. The van der Waals surface area contributed by atoms with Gasteiger partial charge in [0.05, 0.1) is 30.5 Å². The van der Waals surface area contributed by atoms with Crippen LogP contribution in [0.3, 0.4) is 0 Å². The number of tetrazole rings is 1. The fourth-order valence-corrected chi connectivity index (χ4v) is 10.8. The number of esters is 1. The van der Waals surface area contributed by atoms with Gasteiger partial charge in [0.2, 0.25) is 5.79 Å². The Morgan fingerprint density at radius 3 is 2.33 bits per heavy atom. The number of piperidine rings is 1. The number of carbonyl (C=O) groups excluding carboxylic acids is 5. The van der Waals surface area contributed by atoms with Crippen molar-refractivity contribution in [3.63, 3.8) is 0 Å². The molecular formula is C52H79N5O12. The number of carbonyl (C=O) groups is 5. The summed E-state index contributed by atoms with van der Waals surface area (Å²) in [6.45, 7) is 12.8. The van der Waals surface area contributed by atoms with Gasteiger partial charge in [0.25, 0.3) is 11.7 Å². The number of hydrogen-bond acceptors (Lipinski definition) is 15. The summed E-state index contributed by atoms with van der Waals surface area (Å²) in [5, 5.41) is 35.2. The van der Waals surface area contributed by atoms with Crippen molar-refractivity contribution < 1.29 is 57.9 Å². The van der Waals surface area contributed by atoms with E-state index >= 15 is 0 Å². The maximum Gasteiger partial charge on any atom is 0.329 e. The lowest BCUT2D eigenvalue weighted by Gasteiger charge is -2.42. The van der Waals surface area contributed by atoms with Gasteiger partial charge in [-0.3, -0.25) is 19.2 Å². The van der Waals surface area contributed by atoms with Crippen molar-refractivity contribution in [2.75, 3.05) is 27.9 Å². The first kappa shape index (κ1) is 55.7. The lowest BCUT2D eigenvalue weighted by molar-refractivity contribution is -0.265. The molecule has 1 amide bonds. The standard InChI is InChI=1S/C52H79N5O12/c1-31-16-12-11-13-17-32(2)43(65-8)28-39-21-19-37(7)52(64,69-39)49(61)50(62)56-23-15-14-18-41(56)51(63)68-44(34(4)26-38-20-22-40(45(27-38)66-9)57-30-53-54-55-57)29-42(58)33(3)25-36(6)47(60)48(67-10)46(59)35(5)24-31/h11-13,16-17,25,30-31,34-41,43-45,47-48,60,64H,14-15,18-24,26-29H2,1-10H3/b13-11?,16-12?,32-17?,33-25+/t31?,34?,35-,36?,37-,38+,39?,40+,41+,43?,44?,45-,47-,48?,52-/m1/s1. The monoisotopic (exact) mass is 966 g/mol. The zero-order chi connectivity index (χ0) is 50.6. The number of aromatic nitrogens is 4. The largest absolute Gasteiger partial charge is 0.460 e. The summed E-state index contributed by atoms with van der Waals surface area (Å²) in [5.74, 6) is -7.89. The number of cyclic esters (lactones) is 1. The fraction of sp³-hybridized carbons (Fsp3) is 0.731. The van der Waals surface area contributed by atoms with Crippen LogP contribution in [0.25, 0.3) is 0 Å². The first-order valence-corrected chi connectivity index (χ1v) is 25.0. The maximum atomic E-state index is 14.5. The molecule has 69 heavy (non-hydrogen) atoms. The van der Waals surface area contributed by atoms with E-state index in [0.717, 1.165) is 18.4 Å². The minimum atomic E-state index is -2.43. The van der Waals surface area contributed by atoms with Crippen molar-refractivity contribution >= 4 is 29.2 Å². The molecule has 1 aliphatic carbocycles. The molecule has 2 saturated heterocycles. The van der Waals surface area contributed by atoms with Crippen molar-refractivity contribution in [3.8, 4) is 0 Å². The van der Waals surface area contributed by atoms with Crippen LogP contribution in [-0.4, -0.2) is 141 Å². The first-order chi connectivity index (χ1) is 32.8. The molecule has 17 nitrogen and oxygen atoms in total. The van der Waals surface area contributed by atoms with Crippen LogP contribution in [0, 0.1) is 35.5 Å². The molecule has 3 fully saturated rings. The third-order valence-electron chi connectivity index (χ3n) is 15.2. The van der Waals surface area contributed by atoms with Gasteiger partial charge >= 0.3 is 5.97 Å². The number of fused-ring (bicyclic) bond motifs is 3. The van der Waals surface area contributed by atoms with Gasteiger partial charge in [-0.15, -0.1) is 5.10 Å². The lowest BCUT2D eigenvalue weighted by Crippen LogP contribution is -2.61. The molecule has 1 aromatic heterocycles. The number of amides is 1. The van der Waals surface area contributed by atoms with Gasteiger partial charge in [-0.1, -0.05) is 71.1 Å². The molecule has 0 spiro atoms. The van der Waals surface area contributed by atoms with Gasteiger partial charge in [-0.2, -0.15) is 0 Å². The Morgan fingerprint density at radius 1 is 0.899 bits per heavy atom. The van der Waals surface area contributed by atoms with Gasteiger partial charge < -0.3 is 38.8 Å². The predicted molar refractivity (Wildman–Crippen MR) is 256 cm³/mol. The summed E-state index contributed by atoms with van der Waals surface area (Å²) in [7, 11) is 4.63. The molecule has 1 saturated carbocycles. The van der Waals surface area contributed by atoms with Gasteiger partial charge in [0.15, 0.2) is 11.6 Å². The van der Waals surface area contributed by atoms with Crippen LogP contribution in [0.15, 0.2) is 53.9 Å². The second-order valence-electron chi connectivity index (χ2n) is 20.4. The van der Waals surface area contributed by atoms with Crippen molar-refractivity contribution in [2.24, 2.45) is 35.5 Å². The van der Waals surface area contributed by atoms with Crippen molar-refractivity contribution in [1.82, 2.24) is 25.1 Å². The summed E-state index contributed by atoms with van der Waals surface area (Å²) in [6, 6.07) is -1.20. The van der Waals surface area contributed by atoms with E-state index < -0.39 is 77.8 Å². The summed E-state index contributed by atoms with van der Waals surface area (Å²) >= 11 is 0. The van der Waals surface area contributed by atoms with E-state index in [1.807, 2.05) is 58.1 Å². The number of hydrogen-bond donors (Lipinski definition) is 2. The average molecular weight is 966 g/mol. The van der Waals surface area contributed by atoms with Gasteiger partial charge in [0, 0.05) is 58.5 Å². The van der Waals surface area contributed by atoms with Crippen molar-refractivity contribution in [2.45, 2.75) is 180 Å². The molecule has 17 heteroatoms. The highest BCUT2D eigenvalue weighted by atomic mass is 16.6. The van der Waals surface area contributed by atoms with Crippen LogP contribution < -0.4 is 0 Å². The van der Waals surface area contributed by atoms with Crippen LogP contribution in [0.4, 0.5) is 0 Å². The summed E-state index contributed by atoms with van der Waals surface area (Å²) in [4.78, 5) is 72.3. The Hall–Kier alpha value is -4.26.